The predicted octanol–water partition coefficient (Wildman–Crippen LogP) is 3.10. The Hall–Kier alpha value is -0.850. The highest BCUT2D eigenvalue weighted by Crippen LogP contribution is 2.39. The Labute approximate surface area is 136 Å². The fourth-order valence-corrected chi connectivity index (χ4v) is 2.65. The van der Waals surface area contributed by atoms with Crippen LogP contribution in [0.5, 0.6) is 0 Å². The third kappa shape index (κ3) is 3.42. The number of rotatable bonds is 3. The SMILES string of the molecule is CN(C(N)=NC1CC(c2cccc(F)c2)C1)C1CC1.I. The van der Waals surface area contributed by atoms with Gasteiger partial charge in [-0.15, -0.1) is 24.0 Å². The highest BCUT2D eigenvalue weighted by Gasteiger charge is 2.32. The van der Waals surface area contributed by atoms with Crippen molar-refractivity contribution >= 4 is 29.9 Å². The third-order valence-electron chi connectivity index (χ3n) is 4.20. The van der Waals surface area contributed by atoms with Crippen molar-refractivity contribution < 1.29 is 4.39 Å². The molecule has 0 amide bonds. The minimum absolute atomic E-state index is 0. The van der Waals surface area contributed by atoms with Gasteiger partial charge in [0.15, 0.2) is 5.96 Å². The lowest BCUT2D eigenvalue weighted by Crippen LogP contribution is -2.38. The minimum Gasteiger partial charge on any atom is -0.370 e. The molecule has 0 bridgehead atoms. The number of guanidine groups is 1. The molecular formula is C15H21FIN3. The van der Waals surface area contributed by atoms with E-state index >= 15 is 0 Å². The molecule has 1 aromatic rings. The van der Waals surface area contributed by atoms with Crippen molar-refractivity contribution in [3.63, 3.8) is 0 Å². The summed E-state index contributed by atoms with van der Waals surface area (Å²) < 4.78 is 13.1. The zero-order valence-corrected chi connectivity index (χ0v) is 14.0. The third-order valence-corrected chi connectivity index (χ3v) is 4.20. The lowest BCUT2D eigenvalue weighted by molar-refractivity contribution is 0.346. The molecular weight excluding hydrogens is 368 g/mol. The predicted molar refractivity (Wildman–Crippen MR) is 90.0 cm³/mol. The second-order valence-corrected chi connectivity index (χ2v) is 5.71. The molecule has 0 unspecified atom stereocenters. The number of benzene rings is 1. The van der Waals surface area contributed by atoms with Gasteiger partial charge in [-0.05, 0) is 49.3 Å². The van der Waals surface area contributed by atoms with Crippen LogP contribution in [0.15, 0.2) is 29.3 Å². The van der Waals surface area contributed by atoms with Crippen LogP contribution in [0.3, 0.4) is 0 Å². The van der Waals surface area contributed by atoms with Crippen molar-refractivity contribution in [2.45, 2.75) is 43.7 Å². The maximum Gasteiger partial charge on any atom is 0.191 e. The van der Waals surface area contributed by atoms with Crippen LogP contribution in [0, 0.1) is 5.82 Å². The average Bonchev–Trinajstić information content (AvgIpc) is 3.16. The Morgan fingerprint density at radius 1 is 1.35 bits per heavy atom. The van der Waals surface area contributed by atoms with E-state index in [1.807, 2.05) is 13.1 Å². The fourth-order valence-electron chi connectivity index (χ4n) is 2.65. The quantitative estimate of drug-likeness (QED) is 0.491. The molecule has 0 aliphatic heterocycles. The van der Waals surface area contributed by atoms with Crippen molar-refractivity contribution in [3.05, 3.63) is 35.6 Å². The van der Waals surface area contributed by atoms with E-state index in [4.69, 9.17) is 5.73 Å². The number of nitrogens with two attached hydrogens (primary N) is 1. The van der Waals surface area contributed by atoms with E-state index in [0.717, 1.165) is 18.4 Å². The second-order valence-electron chi connectivity index (χ2n) is 5.71. The Balaban J connectivity index is 0.00000147. The van der Waals surface area contributed by atoms with Gasteiger partial charge in [0, 0.05) is 13.1 Å². The van der Waals surface area contributed by atoms with E-state index in [1.165, 1.54) is 18.9 Å². The molecule has 5 heteroatoms. The zero-order valence-electron chi connectivity index (χ0n) is 11.6. The largest absolute Gasteiger partial charge is 0.370 e. The second kappa shape index (κ2) is 6.28. The fraction of sp³-hybridized carbons (Fsp3) is 0.533. The summed E-state index contributed by atoms with van der Waals surface area (Å²) in [5, 5.41) is 0. The Kier molecular flexibility index (Phi) is 4.88. The summed E-state index contributed by atoms with van der Waals surface area (Å²) >= 11 is 0. The van der Waals surface area contributed by atoms with Crippen molar-refractivity contribution in [3.8, 4) is 0 Å². The van der Waals surface area contributed by atoms with Crippen molar-refractivity contribution in [1.82, 2.24) is 4.90 Å². The lowest BCUT2D eigenvalue weighted by Gasteiger charge is -2.34. The highest BCUT2D eigenvalue weighted by atomic mass is 127. The summed E-state index contributed by atoms with van der Waals surface area (Å²) in [5.41, 5.74) is 7.08. The number of aliphatic imine (C=N–C) groups is 1. The smallest absolute Gasteiger partial charge is 0.191 e. The monoisotopic (exact) mass is 389 g/mol. The normalized spacial score (nSPS) is 25.6. The van der Waals surface area contributed by atoms with E-state index in [-0.39, 0.29) is 29.8 Å². The summed E-state index contributed by atoms with van der Waals surface area (Å²) in [6.45, 7) is 0. The Bertz CT molecular complexity index is 496. The number of hydrogen-bond donors (Lipinski definition) is 1. The van der Waals surface area contributed by atoms with E-state index in [2.05, 4.69) is 9.89 Å². The van der Waals surface area contributed by atoms with Gasteiger partial charge in [-0.2, -0.15) is 0 Å². The van der Waals surface area contributed by atoms with Crippen LogP contribution < -0.4 is 5.73 Å². The van der Waals surface area contributed by atoms with Gasteiger partial charge < -0.3 is 10.6 Å². The maximum absolute atomic E-state index is 13.1. The van der Waals surface area contributed by atoms with Gasteiger partial charge in [0.1, 0.15) is 5.82 Å². The molecule has 2 N–H and O–H groups in total. The molecule has 0 atom stereocenters. The molecule has 2 aliphatic carbocycles. The van der Waals surface area contributed by atoms with E-state index in [1.54, 1.807) is 12.1 Å². The molecule has 2 fully saturated rings. The molecule has 0 heterocycles. The molecule has 3 rings (SSSR count). The number of nitrogens with zero attached hydrogens (tertiary/aromatic N) is 2. The molecule has 0 saturated heterocycles. The van der Waals surface area contributed by atoms with Gasteiger partial charge in [0.25, 0.3) is 0 Å². The minimum atomic E-state index is -0.155. The molecule has 20 heavy (non-hydrogen) atoms. The maximum atomic E-state index is 13.1. The standard InChI is InChI=1S/C15H20FN3.HI/c1-19(14-5-6-14)15(17)18-13-8-11(9-13)10-3-2-4-12(16)7-10;/h2-4,7,11,13-14H,5-6,8-9H2,1H3,(H2,17,18);1H. The molecule has 3 nitrogen and oxygen atoms in total. The summed E-state index contributed by atoms with van der Waals surface area (Å²) in [7, 11) is 2.01. The highest BCUT2D eigenvalue weighted by molar-refractivity contribution is 14.0. The first-order valence-electron chi connectivity index (χ1n) is 6.95. The summed E-state index contributed by atoms with van der Waals surface area (Å²) in [6.07, 6.45) is 4.40. The Morgan fingerprint density at radius 2 is 2.05 bits per heavy atom. The van der Waals surface area contributed by atoms with Crippen LogP contribution in [0.1, 0.15) is 37.2 Å². The first-order chi connectivity index (χ1) is 9.13. The van der Waals surface area contributed by atoms with Gasteiger partial charge in [-0.3, -0.25) is 0 Å². The van der Waals surface area contributed by atoms with Gasteiger partial charge in [0.2, 0.25) is 0 Å². The van der Waals surface area contributed by atoms with E-state index in [0.29, 0.717) is 24.0 Å². The van der Waals surface area contributed by atoms with E-state index < -0.39 is 0 Å². The molecule has 0 radical (unpaired) electrons. The topological polar surface area (TPSA) is 41.6 Å². The zero-order chi connectivity index (χ0) is 13.4. The van der Waals surface area contributed by atoms with Gasteiger partial charge >= 0.3 is 0 Å². The van der Waals surface area contributed by atoms with E-state index in [9.17, 15) is 4.39 Å². The molecule has 2 saturated carbocycles. The van der Waals surface area contributed by atoms with Gasteiger partial charge in [-0.1, -0.05) is 12.1 Å². The van der Waals surface area contributed by atoms with Crippen LogP contribution in [0.2, 0.25) is 0 Å². The molecule has 0 spiro atoms. The van der Waals surface area contributed by atoms with Crippen molar-refractivity contribution in [2.24, 2.45) is 10.7 Å². The van der Waals surface area contributed by atoms with Crippen molar-refractivity contribution in [1.29, 1.82) is 0 Å². The van der Waals surface area contributed by atoms with Crippen LogP contribution in [0.4, 0.5) is 4.39 Å². The first kappa shape index (κ1) is 15.5. The summed E-state index contributed by atoms with van der Waals surface area (Å²) in [5.74, 6) is 0.936. The number of halogens is 2. The van der Waals surface area contributed by atoms with Crippen molar-refractivity contribution in [2.75, 3.05) is 7.05 Å². The molecule has 110 valence electrons. The summed E-state index contributed by atoms with van der Waals surface area (Å²) in [4.78, 5) is 6.65. The van der Waals surface area contributed by atoms with Gasteiger partial charge in [-0.25, -0.2) is 9.38 Å². The molecule has 0 aromatic heterocycles. The van der Waals surface area contributed by atoms with Crippen LogP contribution in [-0.4, -0.2) is 30.0 Å². The van der Waals surface area contributed by atoms with Crippen LogP contribution >= 0.6 is 24.0 Å². The molecule has 2 aliphatic rings. The first-order valence-corrected chi connectivity index (χ1v) is 6.95. The Morgan fingerprint density at radius 3 is 2.65 bits per heavy atom. The summed E-state index contributed by atoms with van der Waals surface area (Å²) in [6, 6.07) is 7.78. The van der Waals surface area contributed by atoms with Gasteiger partial charge in [0.05, 0.1) is 6.04 Å². The van der Waals surface area contributed by atoms with Crippen LogP contribution in [-0.2, 0) is 0 Å². The lowest BCUT2D eigenvalue weighted by atomic mass is 9.76. The molecule has 1 aromatic carbocycles. The average molecular weight is 389 g/mol. The van der Waals surface area contributed by atoms with Crippen LogP contribution in [0.25, 0.3) is 0 Å². The number of hydrogen-bond acceptors (Lipinski definition) is 1.